The summed E-state index contributed by atoms with van der Waals surface area (Å²) in [5, 5.41) is 2.67. The van der Waals surface area contributed by atoms with Crippen molar-refractivity contribution in [1.29, 1.82) is 0 Å². The van der Waals surface area contributed by atoms with E-state index in [2.05, 4.69) is 4.98 Å². The first-order valence-corrected chi connectivity index (χ1v) is 4.61. The van der Waals surface area contributed by atoms with Gasteiger partial charge in [0.05, 0.1) is 5.69 Å². The number of nitrogen functional groups attached to an aromatic ring is 1. The number of thiazole rings is 1. The van der Waals surface area contributed by atoms with Crippen molar-refractivity contribution < 1.29 is 0 Å². The molecule has 4 heteroatoms. The SMILES string of the molecule is NCCCCc1csc(N)n1. The van der Waals surface area contributed by atoms with Crippen molar-refractivity contribution in [2.24, 2.45) is 5.73 Å². The molecule has 4 N–H and O–H groups in total. The maximum absolute atomic E-state index is 5.47. The Labute approximate surface area is 70.4 Å². The third-order valence-corrected chi connectivity index (χ3v) is 2.18. The van der Waals surface area contributed by atoms with Crippen LogP contribution in [0.2, 0.25) is 0 Å². The summed E-state index contributed by atoms with van der Waals surface area (Å²) in [6.45, 7) is 0.764. The molecule has 1 aromatic heterocycles. The summed E-state index contributed by atoms with van der Waals surface area (Å²) in [7, 11) is 0. The molecule has 0 amide bonds. The zero-order valence-electron chi connectivity index (χ0n) is 6.42. The number of nitrogens with two attached hydrogens (primary N) is 2. The summed E-state index contributed by atoms with van der Waals surface area (Å²) in [5.41, 5.74) is 11.9. The summed E-state index contributed by atoms with van der Waals surface area (Å²) in [5.74, 6) is 0. The van der Waals surface area contributed by atoms with Gasteiger partial charge in [0.15, 0.2) is 5.13 Å². The van der Waals surface area contributed by atoms with Gasteiger partial charge in [0.2, 0.25) is 0 Å². The van der Waals surface area contributed by atoms with Gasteiger partial charge >= 0.3 is 0 Å². The average molecular weight is 171 g/mol. The molecular weight excluding hydrogens is 158 g/mol. The van der Waals surface area contributed by atoms with Crippen LogP contribution in [0.25, 0.3) is 0 Å². The lowest BCUT2D eigenvalue weighted by Crippen LogP contribution is -1.99. The molecule has 0 spiro atoms. The minimum Gasteiger partial charge on any atom is -0.375 e. The highest BCUT2D eigenvalue weighted by Crippen LogP contribution is 2.12. The highest BCUT2D eigenvalue weighted by atomic mass is 32.1. The van der Waals surface area contributed by atoms with Crippen LogP contribution in [-0.4, -0.2) is 11.5 Å². The topological polar surface area (TPSA) is 64.9 Å². The standard InChI is InChI=1S/C7H13N3S/c8-4-2-1-3-6-5-11-7(9)10-6/h5H,1-4,8H2,(H2,9,10). The highest BCUT2D eigenvalue weighted by Gasteiger charge is 1.96. The maximum Gasteiger partial charge on any atom is 0.180 e. The van der Waals surface area contributed by atoms with E-state index < -0.39 is 0 Å². The summed E-state index contributed by atoms with van der Waals surface area (Å²) in [6, 6.07) is 0. The number of anilines is 1. The third-order valence-electron chi connectivity index (χ3n) is 1.46. The number of unbranched alkanes of at least 4 members (excludes halogenated alkanes) is 1. The smallest absolute Gasteiger partial charge is 0.180 e. The number of rotatable bonds is 4. The van der Waals surface area contributed by atoms with E-state index in [-0.39, 0.29) is 0 Å². The van der Waals surface area contributed by atoms with Gasteiger partial charge in [-0.05, 0) is 25.8 Å². The van der Waals surface area contributed by atoms with E-state index in [1.807, 2.05) is 5.38 Å². The van der Waals surface area contributed by atoms with E-state index in [0.717, 1.165) is 31.5 Å². The van der Waals surface area contributed by atoms with Crippen LogP contribution in [0.15, 0.2) is 5.38 Å². The van der Waals surface area contributed by atoms with Gasteiger partial charge in [0, 0.05) is 5.38 Å². The molecule has 0 fully saturated rings. The minimum atomic E-state index is 0.660. The number of aromatic nitrogens is 1. The van der Waals surface area contributed by atoms with Crippen LogP contribution in [0, 0.1) is 0 Å². The molecule has 0 aliphatic heterocycles. The van der Waals surface area contributed by atoms with Gasteiger partial charge in [0.1, 0.15) is 0 Å². The quantitative estimate of drug-likeness (QED) is 0.664. The molecule has 0 bridgehead atoms. The largest absolute Gasteiger partial charge is 0.375 e. The van der Waals surface area contributed by atoms with Gasteiger partial charge in [-0.1, -0.05) is 0 Å². The van der Waals surface area contributed by atoms with Gasteiger partial charge in [-0.2, -0.15) is 0 Å². The molecule has 0 saturated carbocycles. The second-order valence-electron chi connectivity index (χ2n) is 2.42. The van der Waals surface area contributed by atoms with Crippen LogP contribution >= 0.6 is 11.3 Å². The zero-order chi connectivity index (χ0) is 8.10. The van der Waals surface area contributed by atoms with Crippen molar-refractivity contribution in [2.45, 2.75) is 19.3 Å². The van der Waals surface area contributed by atoms with Crippen molar-refractivity contribution in [3.8, 4) is 0 Å². The molecule has 1 aromatic rings. The Hall–Kier alpha value is -0.610. The highest BCUT2D eigenvalue weighted by molar-refractivity contribution is 7.13. The fraction of sp³-hybridized carbons (Fsp3) is 0.571. The van der Waals surface area contributed by atoms with E-state index in [4.69, 9.17) is 11.5 Å². The Balaban J connectivity index is 2.27. The summed E-state index contributed by atoms with van der Waals surface area (Å²) >= 11 is 1.50. The summed E-state index contributed by atoms with van der Waals surface area (Å²) in [4.78, 5) is 4.14. The van der Waals surface area contributed by atoms with Crippen molar-refractivity contribution in [3.05, 3.63) is 11.1 Å². The van der Waals surface area contributed by atoms with Crippen LogP contribution < -0.4 is 11.5 Å². The molecule has 62 valence electrons. The van der Waals surface area contributed by atoms with Crippen LogP contribution in [0.4, 0.5) is 5.13 Å². The Kier molecular flexibility index (Phi) is 3.32. The van der Waals surface area contributed by atoms with E-state index in [1.165, 1.54) is 11.3 Å². The molecule has 3 nitrogen and oxygen atoms in total. The molecule has 11 heavy (non-hydrogen) atoms. The van der Waals surface area contributed by atoms with Crippen molar-refractivity contribution >= 4 is 16.5 Å². The third kappa shape index (κ3) is 2.86. The first-order chi connectivity index (χ1) is 5.33. The first-order valence-electron chi connectivity index (χ1n) is 3.73. The van der Waals surface area contributed by atoms with Crippen LogP contribution in [0.5, 0.6) is 0 Å². The van der Waals surface area contributed by atoms with Gasteiger partial charge in [-0.3, -0.25) is 0 Å². The summed E-state index contributed by atoms with van der Waals surface area (Å²) in [6.07, 6.45) is 3.18. The molecule has 0 saturated heterocycles. The molecule has 0 aliphatic carbocycles. The lowest BCUT2D eigenvalue weighted by atomic mass is 10.2. The van der Waals surface area contributed by atoms with Gasteiger partial charge in [-0.15, -0.1) is 11.3 Å². The van der Waals surface area contributed by atoms with Gasteiger partial charge in [0.25, 0.3) is 0 Å². The normalized spacial score (nSPS) is 10.3. The van der Waals surface area contributed by atoms with Gasteiger partial charge in [-0.25, -0.2) is 4.98 Å². The zero-order valence-corrected chi connectivity index (χ0v) is 7.23. The van der Waals surface area contributed by atoms with Crippen molar-refractivity contribution in [3.63, 3.8) is 0 Å². The summed E-state index contributed by atoms with van der Waals surface area (Å²) < 4.78 is 0. The molecule has 0 aliphatic rings. The average Bonchev–Trinajstić information content (AvgIpc) is 2.37. The Morgan fingerprint density at radius 3 is 2.82 bits per heavy atom. The Bertz CT molecular complexity index is 209. The fourth-order valence-electron chi connectivity index (χ4n) is 0.888. The lowest BCUT2D eigenvalue weighted by Gasteiger charge is -1.93. The number of aryl methyl sites for hydroxylation is 1. The molecule has 0 unspecified atom stereocenters. The van der Waals surface area contributed by atoms with Crippen LogP contribution in [-0.2, 0) is 6.42 Å². The van der Waals surface area contributed by atoms with Crippen molar-refractivity contribution in [2.75, 3.05) is 12.3 Å². The van der Waals surface area contributed by atoms with E-state index in [0.29, 0.717) is 5.13 Å². The molecule has 0 atom stereocenters. The molecule has 0 radical (unpaired) electrons. The second kappa shape index (κ2) is 4.31. The van der Waals surface area contributed by atoms with Crippen LogP contribution in [0.1, 0.15) is 18.5 Å². The molecule has 1 rings (SSSR count). The van der Waals surface area contributed by atoms with Crippen LogP contribution in [0.3, 0.4) is 0 Å². The number of hydrogen-bond donors (Lipinski definition) is 2. The van der Waals surface area contributed by atoms with E-state index in [9.17, 15) is 0 Å². The van der Waals surface area contributed by atoms with Gasteiger partial charge < -0.3 is 11.5 Å². The Morgan fingerprint density at radius 1 is 1.45 bits per heavy atom. The number of nitrogens with zero attached hydrogens (tertiary/aromatic N) is 1. The Morgan fingerprint density at radius 2 is 2.27 bits per heavy atom. The molecule has 0 aromatic carbocycles. The maximum atomic E-state index is 5.47. The van der Waals surface area contributed by atoms with E-state index >= 15 is 0 Å². The van der Waals surface area contributed by atoms with E-state index in [1.54, 1.807) is 0 Å². The first kappa shape index (κ1) is 8.49. The fourth-order valence-corrected chi connectivity index (χ4v) is 1.49. The predicted molar refractivity (Wildman–Crippen MR) is 48.5 cm³/mol. The molecular formula is C7H13N3S. The minimum absolute atomic E-state index is 0.660. The van der Waals surface area contributed by atoms with Crippen molar-refractivity contribution in [1.82, 2.24) is 4.98 Å². The lowest BCUT2D eigenvalue weighted by molar-refractivity contribution is 0.736. The predicted octanol–water partition coefficient (Wildman–Crippen LogP) is 1.01. The number of hydrogen-bond acceptors (Lipinski definition) is 4. The second-order valence-corrected chi connectivity index (χ2v) is 3.31. The monoisotopic (exact) mass is 171 g/mol. The molecule has 1 heterocycles.